The van der Waals surface area contributed by atoms with Gasteiger partial charge in [-0.25, -0.2) is 0 Å². The van der Waals surface area contributed by atoms with E-state index in [1.165, 1.54) is 5.56 Å². The number of hydrogen-bond acceptors (Lipinski definition) is 3. The normalized spacial score (nSPS) is 15.6. The van der Waals surface area contributed by atoms with Gasteiger partial charge in [-0.3, -0.25) is 14.5 Å². The van der Waals surface area contributed by atoms with Crippen molar-refractivity contribution in [3.8, 4) is 0 Å². The van der Waals surface area contributed by atoms with Crippen LogP contribution in [0, 0.1) is 0 Å². The third-order valence-electron chi connectivity index (χ3n) is 5.11. The van der Waals surface area contributed by atoms with E-state index in [1.807, 2.05) is 46.1 Å². The summed E-state index contributed by atoms with van der Waals surface area (Å²) in [4.78, 5) is 19.3. The molecule has 5 heteroatoms. The summed E-state index contributed by atoms with van der Waals surface area (Å²) in [7, 11) is 0. The van der Waals surface area contributed by atoms with Crippen molar-refractivity contribution < 1.29 is 4.79 Å². The lowest BCUT2D eigenvalue weighted by molar-refractivity contribution is 0.0715. The largest absolute Gasteiger partial charge is 0.339 e. The molecular weight excluding hydrogens is 312 g/mol. The SMILES string of the molecule is CCn1cc(C2CCN(C(=O)c3cccc4ncccc34)CC2)cn1. The van der Waals surface area contributed by atoms with Crippen LogP contribution in [-0.4, -0.2) is 38.7 Å². The number of nitrogens with zero attached hydrogens (tertiary/aromatic N) is 4. The minimum Gasteiger partial charge on any atom is -0.339 e. The van der Waals surface area contributed by atoms with Crippen LogP contribution in [0.1, 0.15) is 41.6 Å². The molecule has 25 heavy (non-hydrogen) atoms. The first-order valence-electron chi connectivity index (χ1n) is 8.91. The van der Waals surface area contributed by atoms with Crippen molar-refractivity contribution in [2.24, 2.45) is 0 Å². The molecule has 0 unspecified atom stereocenters. The van der Waals surface area contributed by atoms with E-state index < -0.39 is 0 Å². The molecule has 0 bridgehead atoms. The van der Waals surface area contributed by atoms with Crippen LogP contribution in [-0.2, 0) is 6.54 Å². The zero-order valence-electron chi connectivity index (χ0n) is 14.4. The highest BCUT2D eigenvalue weighted by Crippen LogP contribution is 2.29. The lowest BCUT2D eigenvalue weighted by atomic mass is 9.91. The molecule has 0 saturated carbocycles. The number of benzene rings is 1. The van der Waals surface area contributed by atoms with Crippen molar-refractivity contribution in [2.45, 2.75) is 32.2 Å². The van der Waals surface area contributed by atoms with E-state index in [9.17, 15) is 4.79 Å². The van der Waals surface area contributed by atoms with Crippen LogP contribution in [0.15, 0.2) is 48.9 Å². The van der Waals surface area contributed by atoms with Crippen LogP contribution in [0.5, 0.6) is 0 Å². The first kappa shape index (κ1) is 15.8. The number of aromatic nitrogens is 3. The zero-order valence-corrected chi connectivity index (χ0v) is 14.4. The number of hydrogen-bond donors (Lipinski definition) is 0. The fourth-order valence-electron chi connectivity index (χ4n) is 3.64. The van der Waals surface area contributed by atoms with E-state index in [2.05, 4.69) is 23.2 Å². The number of fused-ring (bicyclic) bond motifs is 1. The van der Waals surface area contributed by atoms with Gasteiger partial charge in [0.05, 0.1) is 11.7 Å². The van der Waals surface area contributed by atoms with Gasteiger partial charge in [-0.1, -0.05) is 12.1 Å². The van der Waals surface area contributed by atoms with Gasteiger partial charge in [-0.15, -0.1) is 0 Å². The molecule has 1 aliphatic heterocycles. The molecule has 3 aromatic rings. The van der Waals surface area contributed by atoms with Crippen LogP contribution < -0.4 is 0 Å². The standard InChI is InChI=1S/C20H22N4O/c1-2-24-14-16(13-22-24)15-8-11-23(12-9-15)20(25)18-5-3-7-19-17(18)6-4-10-21-19/h3-7,10,13-15H,2,8-9,11-12H2,1H3. The molecule has 2 aromatic heterocycles. The van der Waals surface area contributed by atoms with Crippen LogP contribution >= 0.6 is 0 Å². The molecule has 0 atom stereocenters. The summed E-state index contributed by atoms with van der Waals surface area (Å²) in [5, 5.41) is 5.31. The molecule has 1 amide bonds. The predicted octanol–water partition coefficient (Wildman–Crippen LogP) is 3.47. The molecule has 1 saturated heterocycles. The van der Waals surface area contributed by atoms with Crippen LogP contribution in [0.3, 0.4) is 0 Å². The van der Waals surface area contributed by atoms with Gasteiger partial charge in [0.2, 0.25) is 0 Å². The van der Waals surface area contributed by atoms with Crippen molar-refractivity contribution in [3.05, 3.63) is 60.0 Å². The number of aryl methyl sites for hydroxylation is 1. The molecule has 128 valence electrons. The Labute approximate surface area is 147 Å². The number of likely N-dealkylation sites (tertiary alicyclic amines) is 1. The smallest absolute Gasteiger partial charge is 0.254 e. The third-order valence-corrected chi connectivity index (χ3v) is 5.11. The van der Waals surface area contributed by atoms with E-state index in [1.54, 1.807) is 6.20 Å². The topological polar surface area (TPSA) is 51.0 Å². The van der Waals surface area contributed by atoms with Crippen molar-refractivity contribution in [3.63, 3.8) is 0 Å². The Morgan fingerprint density at radius 1 is 1.20 bits per heavy atom. The molecule has 1 aromatic carbocycles. The number of carbonyl (C=O) groups is 1. The van der Waals surface area contributed by atoms with Crippen LogP contribution in [0.4, 0.5) is 0 Å². The van der Waals surface area contributed by atoms with Crippen LogP contribution in [0.2, 0.25) is 0 Å². The summed E-state index contributed by atoms with van der Waals surface area (Å²) in [5.41, 5.74) is 2.92. The summed E-state index contributed by atoms with van der Waals surface area (Å²) < 4.78 is 1.97. The summed E-state index contributed by atoms with van der Waals surface area (Å²) in [6.45, 7) is 4.57. The predicted molar refractivity (Wildman–Crippen MR) is 97.5 cm³/mol. The highest BCUT2D eigenvalue weighted by atomic mass is 16.2. The van der Waals surface area contributed by atoms with Crippen molar-refractivity contribution in [1.82, 2.24) is 19.7 Å². The van der Waals surface area contributed by atoms with Gasteiger partial charge in [0.15, 0.2) is 0 Å². The lowest BCUT2D eigenvalue weighted by Gasteiger charge is -2.32. The average molecular weight is 334 g/mol. The number of pyridine rings is 1. The molecule has 5 nitrogen and oxygen atoms in total. The summed E-state index contributed by atoms with van der Waals surface area (Å²) in [6, 6.07) is 9.63. The Morgan fingerprint density at radius 2 is 2.04 bits per heavy atom. The molecular formula is C20H22N4O. The van der Waals surface area contributed by atoms with E-state index >= 15 is 0 Å². The molecule has 1 aliphatic rings. The van der Waals surface area contributed by atoms with E-state index in [-0.39, 0.29) is 5.91 Å². The zero-order chi connectivity index (χ0) is 17.2. The van der Waals surface area contributed by atoms with Crippen LogP contribution in [0.25, 0.3) is 10.9 Å². The lowest BCUT2D eigenvalue weighted by Crippen LogP contribution is -2.38. The number of carbonyl (C=O) groups excluding carboxylic acids is 1. The maximum Gasteiger partial charge on any atom is 0.254 e. The average Bonchev–Trinajstić information content (AvgIpc) is 3.16. The highest BCUT2D eigenvalue weighted by molar-refractivity contribution is 6.06. The van der Waals surface area contributed by atoms with Gasteiger partial charge in [0.1, 0.15) is 0 Å². The minimum atomic E-state index is 0.112. The van der Waals surface area contributed by atoms with Gasteiger partial charge < -0.3 is 4.90 Å². The first-order chi connectivity index (χ1) is 12.3. The van der Waals surface area contributed by atoms with Gasteiger partial charge in [-0.2, -0.15) is 5.10 Å². The Hall–Kier alpha value is -2.69. The fourth-order valence-corrected chi connectivity index (χ4v) is 3.64. The monoisotopic (exact) mass is 334 g/mol. The molecule has 0 N–H and O–H groups in total. The Morgan fingerprint density at radius 3 is 2.80 bits per heavy atom. The maximum atomic E-state index is 13.0. The van der Waals surface area contributed by atoms with E-state index in [0.717, 1.165) is 48.9 Å². The second-order valence-corrected chi connectivity index (χ2v) is 6.57. The van der Waals surface area contributed by atoms with E-state index in [0.29, 0.717) is 5.92 Å². The Kier molecular flexibility index (Phi) is 4.22. The molecule has 0 spiro atoms. The minimum absolute atomic E-state index is 0.112. The van der Waals surface area contributed by atoms with Gasteiger partial charge >= 0.3 is 0 Å². The maximum absolute atomic E-state index is 13.0. The second-order valence-electron chi connectivity index (χ2n) is 6.57. The molecule has 0 aliphatic carbocycles. The Bertz CT molecular complexity index is 888. The first-order valence-corrected chi connectivity index (χ1v) is 8.91. The second kappa shape index (κ2) is 6.67. The molecule has 1 fully saturated rings. The Balaban J connectivity index is 1.49. The molecule has 4 rings (SSSR count). The summed E-state index contributed by atoms with van der Waals surface area (Å²) >= 11 is 0. The quantitative estimate of drug-likeness (QED) is 0.737. The van der Waals surface area contributed by atoms with Gasteiger partial charge in [0.25, 0.3) is 5.91 Å². The number of rotatable bonds is 3. The number of piperidine rings is 1. The van der Waals surface area contributed by atoms with Crippen molar-refractivity contribution >= 4 is 16.8 Å². The van der Waals surface area contributed by atoms with Crippen molar-refractivity contribution in [2.75, 3.05) is 13.1 Å². The molecule has 3 heterocycles. The van der Waals surface area contributed by atoms with Gasteiger partial charge in [0, 0.05) is 43.0 Å². The summed E-state index contributed by atoms with van der Waals surface area (Å²) in [5.74, 6) is 0.611. The highest BCUT2D eigenvalue weighted by Gasteiger charge is 2.26. The van der Waals surface area contributed by atoms with E-state index in [4.69, 9.17) is 0 Å². The van der Waals surface area contributed by atoms with Gasteiger partial charge in [-0.05, 0) is 49.4 Å². The third kappa shape index (κ3) is 3.02. The molecule has 0 radical (unpaired) electrons. The summed E-state index contributed by atoms with van der Waals surface area (Å²) in [6.07, 6.45) is 7.85. The number of amides is 1. The fraction of sp³-hybridized carbons (Fsp3) is 0.350. The van der Waals surface area contributed by atoms with Crippen molar-refractivity contribution in [1.29, 1.82) is 0 Å².